The monoisotopic (exact) mass is 403 g/mol. The van der Waals surface area contributed by atoms with Crippen LogP contribution in [0.3, 0.4) is 0 Å². The topological polar surface area (TPSA) is 101 Å². The Morgan fingerprint density at radius 3 is 2.53 bits per heavy atom. The van der Waals surface area contributed by atoms with Crippen molar-refractivity contribution in [2.45, 2.75) is 32.6 Å². The Morgan fingerprint density at radius 2 is 1.80 bits per heavy atom. The number of carbonyl (C=O) groups excluding carboxylic acids is 4. The first-order valence-electron chi connectivity index (χ1n) is 10.1. The molecule has 5 rings (SSSR count). The number of rotatable bonds is 1. The minimum Gasteiger partial charge on any atom is -0.508 e. The number of aryl methyl sites for hydroxylation is 1. The first-order chi connectivity index (χ1) is 14.3. The van der Waals surface area contributed by atoms with Crippen LogP contribution in [0.2, 0.25) is 0 Å². The number of allylic oxidation sites excluding steroid dienone is 6. The van der Waals surface area contributed by atoms with Gasteiger partial charge < -0.3 is 5.11 Å². The van der Waals surface area contributed by atoms with Crippen LogP contribution in [0.15, 0.2) is 52.6 Å². The highest BCUT2D eigenvalue weighted by atomic mass is 16.3. The Balaban J connectivity index is 1.73. The molecule has 0 bridgehead atoms. The average molecular weight is 403 g/mol. The van der Waals surface area contributed by atoms with Crippen molar-refractivity contribution >= 4 is 23.4 Å². The summed E-state index contributed by atoms with van der Waals surface area (Å²) >= 11 is 0. The molecule has 0 spiro atoms. The van der Waals surface area contributed by atoms with Crippen LogP contribution in [-0.2, 0) is 19.2 Å². The van der Waals surface area contributed by atoms with Crippen LogP contribution in [0, 0.1) is 24.7 Å². The van der Waals surface area contributed by atoms with Crippen LogP contribution in [0.1, 0.15) is 36.8 Å². The van der Waals surface area contributed by atoms with Crippen molar-refractivity contribution in [2.75, 3.05) is 0 Å². The minimum atomic E-state index is -0.526. The number of hydrogen-bond acceptors (Lipinski definition) is 5. The van der Waals surface area contributed by atoms with E-state index in [0.29, 0.717) is 28.7 Å². The lowest BCUT2D eigenvalue weighted by molar-refractivity contribution is -0.126. The van der Waals surface area contributed by atoms with Gasteiger partial charge in [0.2, 0.25) is 11.8 Å². The zero-order valence-electron chi connectivity index (χ0n) is 16.7. The zero-order chi connectivity index (χ0) is 21.3. The molecular weight excluding hydrogens is 382 g/mol. The van der Waals surface area contributed by atoms with E-state index in [1.165, 1.54) is 6.08 Å². The van der Waals surface area contributed by atoms with Crippen molar-refractivity contribution in [3.8, 4) is 5.75 Å². The van der Waals surface area contributed by atoms with Gasteiger partial charge in [-0.05, 0) is 55.9 Å². The summed E-state index contributed by atoms with van der Waals surface area (Å²) in [7, 11) is 0. The number of carbonyl (C=O) groups is 4. The van der Waals surface area contributed by atoms with E-state index in [-0.39, 0.29) is 41.5 Å². The number of phenols is 1. The summed E-state index contributed by atoms with van der Waals surface area (Å²) < 4.78 is 0. The number of hydrogen-bond donors (Lipinski definition) is 2. The second-order valence-electron chi connectivity index (χ2n) is 8.63. The molecule has 1 heterocycles. The van der Waals surface area contributed by atoms with E-state index in [2.05, 4.69) is 5.32 Å². The Hall–Kier alpha value is -3.28. The van der Waals surface area contributed by atoms with Gasteiger partial charge in [-0.15, -0.1) is 0 Å². The van der Waals surface area contributed by atoms with Gasteiger partial charge in [0.05, 0.1) is 11.8 Å². The molecule has 152 valence electrons. The molecule has 2 amide bonds. The number of phenolic OH excluding ortho intramolecular Hbond substituents is 1. The standard InChI is InChI=1S/C24H21NO5/c1-10-7-12(3-6-17(10)26)19-13-4-5-14-20(24(30)25-23(14)29)15(13)9-16-18(27)8-11(2)22(28)21(16)19/h3-4,6-8,14-15,19-20,26H,5,9H2,1-2H3,(H,25,29,30). The highest BCUT2D eigenvalue weighted by Gasteiger charge is 2.53. The number of benzene rings is 1. The van der Waals surface area contributed by atoms with Gasteiger partial charge in [0.25, 0.3) is 0 Å². The third-order valence-corrected chi connectivity index (χ3v) is 6.96. The summed E-state index contributed by atoms with van der Waals surface area (Å²) in [4.78, 5) is 50.9. The normalized spacial score (nSPS) is 30.3. The van der Waals surface area contributed by atoms with Gasteiger partial charge in [0.15, 0.2) is 11.6 Å². The fourth-order valence-electron chi connectivity index (χ4n) is 5.51. The Bertz CT molecular complexity index is 1150. The van der Waals surface area contributed by atoms with Crippen molar-refractivity contribution in [3.05, 3.63) is 63.8 Å². The molecule has 4 atom stereocenters. The van der Waals surface area contributed by atoms with Crippen molar-refractivity contribution in [1.82, 2.24) is 5.32 Å². The summed E-state index contributed by atoms with van der Waals surface area (Å²) in [6, 6.07) is 5.17. The van der Waals surface area contributed by atoms with Gasteiger partial charge in [0.1, 0.15) is 5.75 Å². The highest BCUT2D eigenvalue weighted by molar-refractivity contribution is 6.23. The number of aromatic hydroxyl groups is 1. The summed E-state index contributed by atoms with van der Waals surface area (Å²) in [5.74, 6) is -2.50. The molecule has 0 aromatic heterocycles. The maximum Gasteiger partial charge on any atom is 0.231 e. The summed E-state index contributed by atoms with van der Waals surface area (Å²) in [6.07, 6.45) is 4.06. The molecule has 0 radical (unpaired) electrons. The first-order valence-corrected chi connectivity index (χ1v) is 10.1. The first kappa shape index (κ1) is 18.7. The predicted octanol–water partition coefficient (Wildman–Crippen LogP) is 2.42. The molecule has 2 N–H and O–H groups in total. The van der Waals surface area contributed by atoms with E-state index in [4.69, 9.17) is 0 Å². The van der Waals surface area contributed by atoms with E-state index in [9.17, 15) is 24.3 Å². The molecule has 4 aliphatic rings. The van der Waals surface area contributed by atoms with Crippen LogP contribution in [0.4, 0.5) is 0 Å². The molecule has 30 heavy (non-hydrogen) atoms. The number of nitrogens with one attached hydrogen (secondary N) is 1. The van der Waals surface area contributed by atoms with E-state index < -0.39 is 17.8 Å². The van der Waals surface area contributed by atoms with Crippen LogP contribution in [0.5, 0.6) is 5.75 Å². The second-order valence-corrected chi connectivity index (χ2v) is 8.63. The van der Waals surface area contributed by atoms with Crippen molar-refractivity contribution < 1.29 is 24.3 Å². The van der Waals surface area contributed by atoms with Gasteiger partial charge in [-0.1, -0.05) is 23.8 Å². The number of fused-ring (bicyclic) bond motifs is 3. The maximum atomic E-state index is 13.2. The van der Waals surface area contributed by atoms with Crippen LogP contribution in [0.25, 0.3) is 0 Å². The molecule has 4 unspecified atom stereocenters. The lowest BCUT2D eigenvalue weighted by Gasteiger charge is -2.42. The molecular formula is C24H21NO5. The third kappa shape index (κ3) is 2.49. The van der Waals surface area contributed by atoms with Crippen LogP contribution >= 0.6 is 0 Å². The Labute approximate surface area is 173 Å². The number of amides is 2. The van der Waals surface area contributed by atoms with Gasteiger partial charge in [0, 0.05) is 22.6 Å². The molecule has 1 aromatic carbocycles. The van der Waals surface area contributed by atoms with E-state index in [1.807, 2.05) is 12.1 Å². The van der Waals surface area contributed by atoms with Crippen molar-refractivity contribution in [3.63, 3.8) is 0 Å². The van der Waals surface area contributed by atoms with Gasteiger partial charge in [-0.25, -0.2) is 0 Å². The SMILES string of the molecule is CC1=CC(=O)C2=C(C1=O)C(c1ccc(O)c(C)c1)C1=CCC3C(=O)NC(=O)C3C1C2. The molecule has 6 heteroatoms. The largest absolute Gasteiger partial charge is 0.508 e. The van der Waals surface area contributed by atoms with Crippen molar-refractivity contribution in [2.24, 2.45) is 17.8 Å². The van der Waals surface area contributed by atoms with Crippen molar-refractivity contribution in [1.29, 1.82) is 0 Å². The van der Waals surface area contributed by atoms with Gasteiger partial charge in [-0.2, -0.15) is 0 Å². The average Bonchev–Trinajstić information content (AvgIpc) is 3.01. The molecule has 1 aromatic rings. The van der Waals surface area contributed by atoms with E-state index in [0.717, 1.165) is 11.1 Å². The molecule has 1 saturated heterocycles. The summed E-state index contributed by atoms with van der Waals surface area (Å²) in [6.45, 7) is 3.42. The van der Waals surface area contributed by atoms with E-state index >= 15 is 0 Å². The molecule has 0 saturated carbocycles. The predicted molar refractivity (Wildman–Crippen MR) is 107 cm³/mol. The van der Waals surface area contributed by atoms with Crippen LogP contribution in [-0.4, -0.2) is 28.5 Å². The van der Waals surface area contributed by atoms with Crippen LogP contribution < -0.4 is 5.32 Å². The third-order valence-electron chi connectivity index (χ3n) is 6.96. The quantitative estimate of drug-likeness (QED) is 0.426. The lowest BCUT2D eigenvalue weighted by atomic mass is 9.59. The number of imide groups is 1. The zero-order valence-corrected chi connectivity index (χ0v) is 16.7. The number of ketones is 2. The second kappa shape index (κ2) is 6.36. The molecule has 1 aliphatic heterocycles. The number of Topliss-reactive ketones (excluding diaryl/α,β-unsaturated/α-hetero) is 1. The smallest absolute Gasteiger partial charge is 0.231 e. The maximum absolute atomic E-state index is 13.2. The van der Waals surface area contributed by atoms with Gasteiger partial charge in [-0.3, -0.25) is 24.5 Å². The lowest BCUT2D eigenvalue weighted by Crippen LogP contribution is -2.39. The Morgan fingerprint density at radius 1 is 1.03 bits per heavy atom. The van der Waals surface area contributed by atoms with E-state index in [1.54, 1.807) is 26.0 Å². The molecule has 1 fully saturated rings. The fraction of sp³-hybridized carbons (Fsp3) is 0.333. The highest BCUT2D eigenvalue weighted by Crippen LogP contribution is 2.54. The fourth-order valence-corrected chi connectivity index (χ4v) is 5.51. The summed E-state index contributed by atoms with van der Waals surface area (Å²) in [5, 5.41) is 12.4. The molecule has 6 nitrogen and oxygen atoms in total. The molecule has 3 aliphatic carbocycles. The van der Waals surface area contributed by atoms with Gasteiger partial charge >= 0.3 is 0 Å². The minimum absolute atomic E-state index is 0.154. The Kier molecular flexibility index (Phi) is 3.97. The summed E-state index contributed by atoms with van der Waals surface area (Å²) in [5.41, 5.74) is 3.70.